The van der Waals surface area contributed by atoms with E-state index < -0.39 is 33.9 Å². The van der Waals surface area contributed by atoms with Crippen LogP contribution in [0.1, 0.15) is 24.6 Å². The number of carbonyl (C=O) groups excluding carboxylic acids is 1. The van der Waals surface area contributed by atoms with E-state index in [2.05, 4.69) is 10.3 Å². The Kier molecular flexibility index (Phi) is 3.48. The molecule has 0 radical (unpaired) electrons. The number of imidazole rings is 1. The minimum absolute atomic E-state index is 0.0306. The Morgan fingerprint density at radius 3 is 2.73 bits per heavy atom. The summed E-state index contributed by atoms with van der Waals surface area (Å²) >= 11 is 0. The fraction of sp³-hybridized carbons (Fsp3) is 0.667. The topological polar surface area (TPSA) is 84.3 Å². The van der Waals surface area contributed by atoms with Gasteiger partial charge in [-0.2, -0.15) is 4.31 Å². The lowest BCUT2D eigenvalue weighted by molar-refractivity contribution is -0.132. The van der Waals surface area contributed by atoms with Crippen LogP contribution in [0.4, 0.5) is 8.78 Å². The van der Waals surface area contributed by atoms with Crippen molar-refractivity contribution in [3.05, 3.63) is 18.2 Å². The fourth-order valence-corrected chi connectivity index (χ4v) is 3.56. The number of amides is 1. The summed E-state index contributed by atoms with van der Waals surface area (Å²) in [5.41, 5.74) is 0.593. The zero-order valence-electron chi connectivity index (χ0n) is 11.9. The van der Waals surface area contributed by atoms with Gasteiger partial charge in [0.25, 0.3) is 5.92 Å². The largest absolute Gasteiger partial charge is 0.351 e. The molecule has 2 aliphatic rings. The molecule has 1 atom stereocenters. The van der Waals surface area contributed by atoms with Crippen molar-refractivity contribution in [2.24, 2.45) is 0 Å². The number of nitrogens with one attached hydrogen (secondary N) is 1. The fourth-order valence-electron chi connectivity index (χ4n) is 2.78. The molecule has 0 saturated heterocycles. The Bertz CT molecular complexity index is 695. The monoisotopic (exact) mass is 334 g/mol. The molecule has 10 heteroatoms. The van der Waals surface area contributed by atoms with E-state index in [9.17, 15) is 22.0 Å². The highest BCUT2D eigenvalue weighted by molar-refractivity contribution is 7.88. The van der Waals surface area contributed by atoms with Crippen molar-refractivity contribution < 1.29 is 22.0 Å². The first-order valence-corrected chi connectivity index (χ1v) is 8.64. The molecule has 1 amide bonds. The molecule has 22 heavy (non-hydrogen) atoms. The smallest absolute Gasteiger partial charge is 0.252 e. The number of alkyl halides is 2. The Morgan fingerprint density at radius 1 is 1.45 bits per heavy atom. The lowest BCUT2D eigenvalue weighted by atomic mass is 9.88. The number of carbonyl (C=O) groups is 1. The molecule has 0 bridgehead atoms. The van der Waals surface area contributed by atoms with Crippen LogP contribution in [0.2, 0.25) is 0 Å². The van der Waals surface area contributed by atoms with E-state index in [-0.39, 0.29) is 25.9 Å². The van der Waals surface area contributed by atoms with Crippen LogP contribution in [0.5, 0.6) is 0 Å². The van der Waals surface area contributed by atoms with Crippen LogP contribution in [0.3, 0.4) is 0 Å². The minimum Gasteiger partial charge on any atom is -0.351 e. The molecule has 122 valence electrons. The molecule has 0 unspecified atom stereocenters. The highest BCUT2D eigenvalue weighted by Crippen LogP contribution is 2.37. The van der Waals surface area contributed by atoms with Gasteiger partial charge in [0.2, 0.25) is 15.9 Å². The van der Waals surface area contributed by atoms with Gasteiger partial charge in [0, 0.05) is 31.6 Å². The SMILES string of the molecule is CS(=O)(=O)N1Cc2cncn2[C@H](C(=O)NC2CC(F)(F)C2)C1. The Labute approximate surface area is 126 Å². The van der Waals surface area contributed by atoms with E-state index in [1.807, 2.05) is 0 Å². The highest BCUT2D eigenvalue weighted by atomic mass is 32.2. The molecule has 1 aromatic rings. The summed E-state index contributed by atoms with van der Waals surface area (Å²) in [6, 6.07) is -1.36. The third-order valence-corrected chi connectivity index (χ3v) is 5.22. The zero-order chi connectivity index (χ0) is 16.1. The van der Waals surface area contributed by atoms with Crippen LogP contribution in [0.25, 0.3) is 0 Å². The van der Waals surface area contributed by atoms with Crippen LogP contribution in [-0.4, -0.2) is 52.9 Å². The number of rotatable bonds is 3. The average molecular weight is 334 g/mol. The minimum atomic E-state index is -3.46. The van der Waals surface area contributed by atoms with E-state index >= 15 is 0 Å². The highest BCUT2D eigenvalue weighted by Gasteiger charge is 2.47. The van der Waals surface area contributed by atoms with E-state index in [0.717, 1.165) is 6.26 Å². The van der Waals surface area contributed by atoms with Crippen molar-refractivity contribution >= 4 is 15.9 Å². The zero-order valence-corrected chi connectivity index (χ0v) is 12.7. The molecule has 1 aliphatic heterocycles. The lowest BCUT2D eigenvalue weighted by Gasteiger charge is -2.38. The summed E-state index contributed by atoms with van der Waals surface area (Å²) in [6.07, 6.45) is 3.26. The van der Waals surface area contributed by atoms with E-state index in [0.29, 0.717) is 5.69 Å². The maximum Gasteiger partial charge on any atom is 0.252 e. The predicted molar refractivity (Wildman–Crippen MR) is 72.6 cm³/mol. The second kappa shape index (κ2) is 4.98. The first-order valence-electron chi connectivity index (χ1n) is 6.80. The summed E-state index contributed by atoms with van der Waals surface area (Å²) in [4.78, 5) is 16.3. The third kappa shape index (κ3) is 2.84. The van der Waals surface area contributed by atoms with Gasteiger partial charge in [0.1, 0.15) is 6.04 Å². The van der Waals surface area contributed by atoms with Crippen molar-refractivity contribution in [3.8, 4) is 0 Å². The van der Waals surface area contributed by atoms with Gasteiger partial charge in [-0.05, 0) is 0 Å². The van der Waals surface area contributed by atoms with Crippen molar-refractivity contribution in [2.45, 2.75) is 37.4 Å². The van der Waals surface area contributed by atoms with Gasteiger partial charge in [0.05, 0.1) is 24.8 Å². The lowest BCUT2D eigenvalue weighted by Crippen LogP contribution is -2.54. The molecular weight excluding hydrogens is 318 g/mol. The molecule has 1 aromatic heterocycles. The van der Waals surface area contributed by atoms with Crippen molar-refractivity contribution in [1.82, 2.24) is 19.2 Å². The van der Waals surface area contributed by atoms with Gasteiger partial charge in [-0.1, -0.05) is 0 Å². The maximum absolute atomic E-state index is 12.8. The second-order valence-electron chi connectivity index (χ2n) is 5.83. The summed E-state index contributed by atoms with van der Waals surface area (Å²) in [5.74, 6) is -3.18. The average Bonchev–Trinajstić information content (AvgIpc) is 2.82. The van der Waals surface area contributed by atoms with Crippen molar-refractivity contribution in [3.63, 3.8) is 0 Å². The summed E-state index contributed by atoms with van der Waals surface area (Å²) in [7, 11) is -3.46. The van der Waals surface area contributed by atoms with Crippen LogP contribution in [0, 0.1) is 0 Å². The van der Waals surface area contributed by atoms with Gasteiger partial charge in [-0.3, -0.25) is 4.79 Å². The Morgan fingerprint density at radius 2 is 2.14 bits per heavy atom. The van der Waals surface area contributed by atoms with E-state index in [4.69, 9.17) is 0 Å². The van der Waals surface area contributed by atoms with Crippen LogP contribution in [0.15, 0.2) is 12.5 Å². The van der Waals surface area contributed by atoms with E-state index in [1.165, 1.54) is 16.8 Å². The number of aromatic nitrogens is 2. The van der Waals surface area contributed by atoms with Gasteiger partial charge in [-0.15, -0.1) is 0 Å². The van der Waals surface area contributed by atoms with Crippen molar-refractivity contribution in [2.75, 3.05) is 12.8 Å². The summed E-state index contributed by atoms with van der Waals surface area (Å²) in [6.45, 7) is 0.112. The molecule has 2 heterocycles. The molecule has 0 spiro atoms. The predicted octanol–water partition coefficient (Wildman–Crippen LogP) is 0.113. The van der Waals surface area contributed by atoms with Crippen LogP contribution < -0.4 is 5.32 Å². The molecular formula is C12H16F2N4O3S. The molecule has 0 aromatic carbocycles. The summed E-state index contributed by atoms with van der Waals surface area (Å²) in [5, 5.41) is 2.56. The number of nitrogens with zero attached hydrogens (tertiary/aromatic N) is 3. The van der Waals surface area contributed by atoms with Gasteiger partial charge in [-0.25, -0.2) is 22.2 Å². The van der Waals surface area contributed by atoms with Gasteiger partial charge < -0.3 is 9.88 Å². The molecule has 1 fully saturated rings. The Balaban J connectivity index is 1.76. The quantitative estimate of drug-likeness (QED) is 0.850. The van der Waals surface area contributed by atoms with Crippen LogP contribution in [-0.2, 0) is 21.4 Å². The Hall–Kier alpha value is -1.55. The van der Waals surface area contributed by atoms with Gasteiger partial charge >= 0.3 is 0 Å². The molecule has 1 aliphatic carbocycles. The number of halogens is 2. The first kappa shape index (κ1) is 15.3. The number of fused-ring (bicyclic) bond motifs is 1. The standard InChI is InChI=1S/C12H16F2N4O3S/c1-22(20,21)17-5-9-4-15-7-18(9)10(6-17)11(19)16-8-2-12(13,14)3-8/h4,7-8,10H,2-3,5-6H2,1H3,(H,16,19)/t10-/m0/s1. The number of sulfonamides is 1. The second-order valence-corrected chi connectivity index (χ2v) is 7.82. The van der Waals surface area contributed by atoms with E-state index in [1.54, 1.807) is 4.57 Å². The third-order valence-electron chi connectivity index (χ3n) is 4.01. The molecule has 1 N–H and O–H groups in total. The van der Waals surface area contributed by atoms with Crippen molar-refractivity contribution in [1.29, 1.82) is 0 Å². The molecule has 7 nitrogen and oxygen atoms in total. The first-order chi connectivity index (χ1) is 10.2. The number of hydrogen-bond acceptors (Lipinski definition) is 4. The molecule has 1 saturated carbocycles. The number of hydrogen-bond donors (Lipinski definition) is 1. The van der Waals surface area contributed by atoms with Crippen LogP contribution >= 0.6 is 0 Å². The van der Waals surface area contributed by atoms with Gasteiger partial charge in [0.15, 0.2) is 0 Å². The molecule has 3 rings (SSSR count). The maximum atomic E-state index is 12.8. The normalized spacial score (nSPS) is 25.3. The summed E-state index contributed by atoms with van der Waals surface area (Å²) < 4.78 is 51.9.